The fraction of sp³-hybridized carbons (Fsp3) is 0.314. The van der Waals surface area contributed by atoms with Gasteiger partial charge < -0.3 is 29.2 Å². The standard InChI is InChI=1S/C35H38O6/c36-21-30-31(37)33(39-23-27-15-7-2-8-16-27)35(41-25-29-19-11-4-12-20-29)34(40-24-28-17-9-3-10-18-28)32(30)38-22-26-13-5-1-6-14-26/h1-20,30-37H,21-25H2/t30-,31-,32+,33+,34-,35-/m0/s1. The molecule has 0 radical (unpaired) electrons. The zero-order valence-electron chi connectivity index (χ0n) is 23.1. The Morgan fingerprint density at radius 1 is 0.415 bits per heavy atom. The summed E-state index contributed by atoms with van der Waals surface area (Å²) in [6.07, 6.45) is -3.73. The third-order valence-electron chi connectivity index (χ3n) is 7.52. The van der Waals surface area contributed by atoms with Gasteiger partial charge in [-0.2, -0.15) is 0 Å². The lowest BCUT2D eigenvalue weighted by molar-refractivity contribution is -0.264. The lowest BCUT2D eigenvalue weighted by atomic mass is 9.78. The molecule has 214 valence electrons. The van der Waals surface area contributed by atoms with Crippen LogP contribution in [0.25, 0.3) is 0 Å². The molecule has 1 saturated carbocycles. The maximum absolute atomic E-state index is 11.6. The van der Waals surface area contributed by atoms with Gasteiger partial charge in [-0.1, -0.05) is 121 Å². The van der Waals surface area contributed by atoms with Crippen molar-refractivity contribution in [2.24, 2.45) is 5.92 Å². The van der Waals surface area contributed by atoms with E-state index < -0.39 is 36.4 Å². The van der Waals surface area contributed by atoms with Crippen LogP contribution in [0.1, 0.15) is 22.3 Å². The van der Waals surface area contributed by atoms with Crippen LogP contribution in [0.2, 0.25) is 0 Å². The Balaban J connectivity index is 1.45. The first-order valence-electron chi connectivity index (χ1n) is 14.1. The molecule has 1 aliphatic carbocycles. The second kappa shape index (κ2) is 15.0. The van der Waals surface area contributed by atoms with E-state index in [4.69, 9.17) is 18.9 Å². The maximum Gasteiger partial charge on any atom is 0.115 e. The van der Waals surface area contributed by atoms with Gasteiger partial charge in [0.1, 0.15) is 18.3 Å². The fourth-order valence-corrected chi connectivity index (χ4v) is 5.32. The minimum absolute atomic E-state index is 0.285. The molecule has 6 atom stereocenters. The Morgan fingerprint density at radius 2 is 0.707 bits per heavy atom. The summed E-state index contributed by atoms with van der Waals surface area (Å²) >= 11 is 0. The molecule has 5 rings (SSSR count). The smallest absolute Gasteiger partial charge is 0.115 e. The summed E-state index contributed by atoms with van der Waals surface area (Å²) in [6, 6.07) is 39.5. The molecule has 0 spiro atoms. The van der Waals surface area contributed by atoms with E-state index in [1.807, 2.05) is 121 Å². The van der Waals surface area contributed by atoms with Gasteiger partial charge in [-0.25, -0.2) is 0 Å². The van der Waals surface area contributed by atoms with Crippen LogP contribution in [-0.4, -0.2) is 47.3 Å². The summed E-state index contributed by atoms with van der Waals surface area (Å²) in [4.78, 5) is 0. The molecule has 1 aliphatic rings. The van der Waals surface area contributed by atoms with Crippen LogP contribution in [0.15, 0.2) is 121 Å². The highest BCUT2D eigenvalue weighted by atomic mass is 16.6. The van der Waals surface area contributed by atoms with Gasteiger partial charge in [0.15, 0.2) is 0 Å². The van der Waals surface area contributed by atoms with Crippen molar-refractivity contribution in [3.05, 3.63) is 144 Å². The van der Waals surface area contributed by atoms with Gasteiger partial charge in [-0.3, -0.25) is 0 Å². The molecular weight excluding hydrogens is 516 g/mol. The van der Waals surface area contributed by atoms with Gasteiger partial charge in [0.2, 0.25) is 0 Å². The largest absolute Gasteiger partial charge is 0.396 e. The minimum atomic E-state index is -1.04. The summed E-state index contributed by atoms with van der Waals surface area (Å²) in [6.45, 7) is 0.932. The molecule has 2 N–H and O–H groups in total. The highest BCUT2D eigenvalue weighted by Crippen LogP contribution is 2.36. The molecule has 0 aliphatic heterocycles. The summed E-state index contributed by atoms with van der Waals surface area (Å²) < 4.78 is 26.0. The van der Waals surface area contributed by atoms with Crippen LogP contribution in [-0.2, 0) is 45.4 Å². The van der Waals surface area contributed by atoms with Crippen LogP contribution in [0, 0.1) is 5.92 Å². The molecule has 0 bridgehead atoms. The maximum atomic E-state index is 11.6. The van der Waals surface area contributed by atoms with E-state index in [1.165, 1.54) is 0 Å². The molecule has 0 amide bonds. The van der Waals surface area contributed by atoms with E-state index >= 15 is 0 Å². The third-order valence-corrected chi connectivity index (χ3v) is 7.52. The van der Waals surface area contributed by atoms with Gasteiger partial charge in [-0.15, -0.1) is 0 Å². The quantitative estimate of drug-likeness (QED) is 0.233. The molecule has 4 aromatic rings. The van der Waals surface area contributed by atoms with Crippen molar-refractivity contribution < 1.29 is 29.2 Å². The second-order valence-electron chi connectivity index (χ2n) is 10.4. The van der Waals surface area contributed by atoms with E-state index in [9.17, 15) is 10.2 Å². The number of benzene rings is 4. The normalized spacial score (nSPS) is 24.2. The molecule has 6 heteroatoms. The second-order valence-corrected chi connectivity index (χ2v) is 10.4. The molecule has 4 aromatic carbocycles. The van der Waals surface area contributed by atoms with Gasteiger partial charge >= 0.3 is 0 Å². The van der Waals surface area contributed by atoms with Crippen molar-refractivity contribution in [2.75, 3.05) is 6.61 Å². The van der Waals surface area contributed by atoms with Crippen LogP contribution < -0.4 is 0 Å². The molecule has 6 nitrogen and oxygen atoms in total. The third kappa shape index (κ3) is 7.89. The molecule has 0 aromatic heterocycles. The summed E-state index contributed by atoms with van der Waals surface area (Å²) in [7, 11) is 0. The van der Waals surface area contributed by atoms with Gasteiger partial charge in [0.25, 0.3) is 0 Å². The zero-order valence-corrected chi connectivity index (χ0v) is 23.1. The predicted molar refractivity (Wildman–Crippen MR) is 157 cm³/mol. The summed E-state index contributed by atoms with van der Waals surface area (Å²) in [5.74, 6) is -0.642. The Morgan fingerprint density at radius 3 is 1.05 bits per heavy atom. The van der Waals surface area contributed by atoms with Crippen molar-refractivity contribution in [1.29, 1.82) is 0 Å². The van der Waals surface area contributed by atoms with Crippen molar-refractivity contribution in [2.45, 2.75) is 56.9 Å². The number of aliphatic hydroxyl groups is 2. The van der Waals surface area contributed by atoms with Gasteiger partial charge in [0, 0.05) is 5.92 Å². The highest BCUT2D eigenvalue weighted by Gasteiger charge is 2.53. The number of hydrogen-bond acceptors (Lipinski definition) is 6. The average molecular weight is 555 g/mol. The SMILES string of the molecule is OC[C@H]1[C@H](O)[C@@H](OCc2ccccc2)[C@H](OCc2ccccc2)[C@@H](OCc2ccccc2)[C@@H]1OCc1ccccc1. The molecule has 0 heterocycles. The summed E-state index contributed by atoms with van der Waals surface area (Å²) in [5.41, 5.74) is 3.97. The summed E-state index contributed by atoms with van der Waals surface area (Å²) in [5, 5.41) is 22.2. The van der Waals surface area contributed by atoms with E-state index in [1.54, 1.807) is 0 Å². The van der Waals surface area contributed by atoms with E-state index in [2.05, 4.69) is 0 Å². The van der Waals surface area contributed by atoms with Crippen LogP contribution in [0.5, 0.6) is 0 Å². The topological polar surface area (TPSA) is 77.4 Å². The van der Waals surface area contributed by atoms with Crippen LogP contribution >= 0.6 is 0 Å². The van der Waals surface area contributed by atoms with Crippen molar-refractivity contribution in [3.63, 3.8) is 0 Å². The molecule has 0 saturated heterocycles. The van der Waals surface area contributed by atoms with Crippen molar-refractivity contribution in [1.82, 2.24) is 0 Å². The van der Waals surface area contributed by atoms with Crippen LogP contribution in [0.3, 0.4) is 0 Å². The molecule has 1 fully saturated rings. The Hall–Kier alpha value is -3.36. The number of hydrogen-bond donors (Lipinski definition) is 2. The lowest BCUT2D eigenvalue weighted by Gasteiger charge is -2.48. The predicted octanol–water partition coefficient (Wildman–Crippen LogP) is 5.31. The first-order chi connectivity index (χ1) is 20.2. The Kier molecular flexibility index (Phi) is 10.7. The first-order valence-corrected chi connectivity index (χ1v) is 14.1. The van der Waals surface area contributed by atoms with Gasteiger partial charge in [-0.05, 0) is 22.3 Å². The first kappa shape index (κ1) is 29.1. The van der Waals surface area contributed by atoms with E-state index in [0.29, 0.717) is 19.8 Å². The van der Waals surface area contributed by atoms with Crippen molar-refractivity contribution in [3.8, 4) is 0 Å². The number of aliphatic hydroxyl groups excluding tert-OH is 2. The number of rotatable bonds is 13. The molecule has 41 heavy (non-hydrogen) atoms. The minimum Gasteiger partial charge on any atom is -0.396 e. The lowest BCUT2D eigenvalue weighted by Crippen LogP contribution is -2.64. The molecular formula is C35H38O6. The van der Waals surface area contributed by atoms with E-state index in [0.717, 1.165) is 22.3 Å². The zero-order chi connectivity index (χ0) is 28.3. The molecule has 0 unspecified atom stereocenters. The van der Waals surface area contributed by atoms with E-state index in [-0.39, 0.29) is 13.2 Å². The van der Waals surface area contributed by atoms with Crippen molar-refractivity contribution >= 4 is 0 Å². The fourth-order valence-electron chi connectivity index (χ4n) is 5.32. The van der Waals surface area contributed by atoms with Crippen LogP contribution in [0.4, 0.5) is 0 Å². The Labute approximate surface area is 242 Å². The Bertz CT molecular complexity index is 1270. The van der Waals surface area contributed by atoms with Gasteiger partial charge in [0.05, 0.1) is 45.2 Å². The highest BCUT2D eigenvalue weighted by molar-refractivity contribution is 5.17. The average Bonchev–Trinajstić information content (AvgIpc) is 3.03. The monoisotopic (exact) mass is 554 g/mol. The number of ether oxygens (including phenoxy) is 4.